The van der Waals surface area contributed by atoms with Crippen LogP contribution in [0.1, 0.15) is 11.3 Å². The molecular weight excluding hydrogens is 226 g/mol. The minimum atomic E-state index is 0.379. The number of nitrogens with one attached hydrogen (secondary N) is 1. The van der Waals surface area contributed by atoms with Gasteiger partial charge in [-0.1, -0.05) is 12.1 Å². The standard InChI is InChI=1S/C15H19NO2/c1-16-13(11-15-4-3-9-18-15)10-12-5-7-14(17-2)8-6-12/h3-9,13,16H,10-11H2,1-2H3. The van der Waals surface area contributed by atoms with Crippen LogP contribution in [0, 0.1) is 0 Å². The highest BCUT2D eigenvalue weighted by Crippen LogP contribution is 2.14. The molecule has 2 aromatic rings. The molecule has 1 heterocycles. The number of benzene rings is 1. The van der Waals surface area contributed by atoms with Crippen molar-refractivity contribution in [2.75, 3.05) is 14.2 Å². The third-order valence-electron chi connectivity index (χ3n) is 3.08. The lowest BCUT2D eigenvalue weighted by atomic mass is 10.0. The Bertz CT molecular complexity index is 448. The summed E-state index contributed by atoms with van der Waals surface area (Å²) in [6, 6.07) is 12.5. The monoisotopic (exact) mass is 245 g/mol. The summed E-state index contributed by atoms with van der Waals surface area (Å²) in [5, 5.41) is 3.33. The predicted molar refractivity (Wildman–Crippen MR) is 72.0 cm³/mol. The van der Waals surface area contributed by atoms with Gasteiger partial charge in [0.05, 0.1) is 13.4 Å². The Morgan fingerprint density at radius 3 is 2.50 bits per heavy atom. The molecule has 96 valence electrons. The van der Waals surface area contributed by atoms with Gasteiger partial charge in [-0.05, 0) is 43.3 Å². The van der Waals surface area contributed by atoms with Crippen LogP contribution in [-0.4, -0.2) is 20.2 Å². The molecule has 0 fully saturated rings. The molecular formula is C15H19NO2. The zero-order valence-electron chi connectivity index (χ0n) is 10.8. The fourth-order valence-corrected chi connectivity index (χ4v) is 1.99. The maximum absolute atomic E-state index is 5.38. The van der Waals surface area contributed by atoms with Crippen molar-refractivity contribution in [1.82, 2.24) is 5.32 Å². The quantitative estimate of drug-likeness (QED) is 0.849. The summed E-state index contributed by atoms with van der Waals surface area (Å²) in [7, 11) is 3.67. The fraction of sp³-hybridized carbons (Fsp3) is 0.333. The molecule has 1 unspecified atom stereocenters. The summed E-state index contributed by atoms with van der Waals surface area (Å²) in [5.74, 6) is 1.91. The number of hydrogen-bond acceptors (Lipinski definition) is 3. The van der Waals surface area contributed by atoms with Crippen LogP contribution in [0.4, 0.5) is 0 Å². The third kappa shape index (κ3) is 3.37. The molecule has 3 nitrogen and oxygen atoms in total. The van der Waals surface area contributed by atoms with Crippen LogP contribution in [0.2, 0.25) is 0 Å². The Hall–Kier alpha value is -1.74. The Labute approximate surface area is 108 Å². The molecule has 0 saturated carbocycles. The van der Waals surface area contributed by atoms with Gasteiger partial charge in [0, 0.05) is 12.5 Å². The van der Waals surface area contributed by atoms with Crippen molar-refractivity contribution in [3.63, 3.8) is 0 Å². The zero-order chi connectivity index (χ0) is 12.8. The van der Waals surface area contributed by atoms with Crippen LogP contribution in [0.25, 0.3) is 0 Å². The van der Waals surface area contributed by atoms with Crippen molar-refractivity contribution in [2.24, 2.45) is 0 Å². The van der Waals surface area contributed by atoms with Crippen LogP contribution in [0.3, 0.4) is 0 Å². The first kappa shape index (κ1) is 12.7. The Morgan fingerprint density at radius 1 is 1.17 bits per heavy atom. The molecule has 0 aliphatic rings. The van der Waals surface area contributed by atoms with Gasteiger partial charge in [0.2, 0.25) is 0 Å². The van der Waals surface area contributed by atoms with E-state index in [1.54, 1.807) is 13.4 Å². The summed E-state index contributed by atoms with van der Waals surface area (Å²) >= 11 is 0. The van der Waals surface area contributed by atoms with Crippen molar-refractivity contribution in [3.05, 3.63) is 54.0 Å². The van der Waals surface area contributed by atoms with E-state index in [4.69, 9.17) is 9.15 Å². The zero-order valence-corrected chi connectivity index (χ0v) is 10.8. The largest absolute Gasteiger partial charge is 0.497 e. The van der Waals surface area contributed by atoms with Gasteiger partial charge in [-0.25, -0.2) is 0 Å². The van der Waals surface area contributed by atoms with Crippen LogP contribution >= 0.6 is 0 Å². The second kappa shape index (κ2) is 6.26. The number of furan rings is 1. The molecule has 18 heavy (non-hydrogen) atoms. The maximum atomic E-state index is 5.38. The highest BCUT2D eigenvalue weighted by atomic mass is 16.5. The molecule has 1 N–H and O–H groups in total. The maximum Gasteiger partial charge on any atom is 0.118 e. The second-order valence-electron chi connectivity index (χ2n) is 4.32. The number of hydrogen-bond donors (Lipinski definition) is 1. The molecule has 1 aromatic heterocycles. The van der Waals surface area contributed by atoms with Gasteiger partial charge in [0.25, 0.3) is 0 Å². The number of methoxy groups -OCH3 is 1. The first-order valence-corrected chi connectivity index (χ1v) is 6.14. The summed E-state index contributed by atoms with van der Waals surface area (Å²) in [6.45, 7) is 0. The molecule has 0 aliphatic carbocycles. The second-order valence-corrected chi connectivity index (χ2v) is 4.32. The molecule has 3 heteroatoms. The summed E-state index contributed by atoms with van der Waals surface area (Å²) in [4.78, 5) is 0. The lowest BCUT2D eigenvalue weighted by molar-refractivity contribution is 0.414. The average molecular weight is 245 g/mol. The lowest BCUT2D eigenvalue weighted by Gasteiger charge is -2.15. The SMILES string of the molecule is CNC(Cc1ccc(OC)cc1)Cc1ccco1. The Balaban J connectivity index is 1.96. The minimum absolute atomic E-state index is 0.379. The number of ether oxygens (including phenoxy) is 1. The predicted octanol–water partition coefficient (Wildman–Crippen LogP) is 2.66. The molecule has 1 atom stereocenters. The number of likely N-dealkylation sites (N-methyl/N-ethyl adjacent to an activating group) is 1. The first-order valence-electron chi connectivity index (χ1n) is 6.14. The van der Waals surface area contributed by atoms with Gasteiger partial charge in [-0.3, -0.25) is 0 Å². The van der Waals surface area contributed by atoms with Crippen molar-refractivity contribution >= 4 is 0 Å². The van der Waals surface area contributed by atoms with Crippen LogP contribution in [0.5, 0.6) is 5.75 Å². The highest BCUT2D eigenvalue weighted by molar-refractivity contribution is 5.27. The van der Waals surface area contributed by atoms with Crippen molar-refractivity contribution in [3.8, 4) is 5.75 Å². The minimum Gasteiger partial charge on any atom is -0.497 e. The van der Waals surface area contributed by atoms with Crippen LogP contribution in [-0.2, 0) is 12.8 Å². The first-order chi connectivity index (χ1) is 8.81. The Kier molecular flexibility index (Phi) is 4.42. The van der Waals surface area contributed by atoms with Gasteiger partial charge >= 0.3 is 0 Å². The Morgan fingerprint density at radius 2 is 1.94 bits per heavy atom. The normalized spacial score (nSPS) is 12.3. The smallest absolute Gasteiger partial charge is 0.118 e. The summed E-state index contributed by atoms with van der Waals surface area (Å²) in [6.07, 6.45) is 3.59. The third-order valence-corrected chi connectivity index (χ3v) is 3.08. The van der Waals surface area contributed by atoms with Gasteiger partial charge in [-0.2, -0.15) is 0 Å². The van der Waals surface area contributed by atoms with E-state index in [1.807, 2.05) is 31.3 Å². The molecule has 0 amide bonds. The van der Waals surface area contributed by atoms with E-state index in [1.165, 1.54) is 5.56 Å². The van der Waals surface area contributed by atoms with Crippen LogP contribution < -0.4 is 10.1 Å². The molecule has 1 aromatic carbocycles. The van der Waals surface area contributed by atoms with E-state index in [0.29, 0.717) is 6.04 Å². The van der Waals surface area contributed by atoms with E-state index in [0.717, 1.165) is 24.4 Å². The molecule has 0 saturated heterocycles. The molecule has 2 rings (SSSR count). The van der Waals surface area contributed by atoms with E-state index in [9.17, 15) is 0 Å². The van der Waals surface area contributed by atoms with Gasteiger partial charge in [0.1, 0.15) is 11.5 Å². The molecule has 0 bridgehead atoms. The van der Waals surface area contributed by atoms with E-state index in [-0.39, 0.29) is 0 Å². The van der Waals surface area contributed by atoms with Crippen molar-refractivity contribution in [1.29, 1.82) is 0 Å². The van der Waals surface area contributed by atoms with Gasteiger partial charge in [-0.15, -0.1) is 0 Å². The fourth-order valence-electron chi connectivity index (χ4n) is 1.99. The van der Waals surface area contributed by atoms with Gasteiger partial charge in [0.15, 0.2) is 0 Å². The number of rotatable bonds is 6. The van der Waals surface area contributed by atoms with E-state index >= 15 is 0 Å². The molecule has 0 radical (unpaired) electrons. The summed E-state index contributed by atoms with van der Waals surface area (Å²) in [5.41, 5.74) is 1.29. The van der Waals surface area contributed by atoms with Crippen molar-refractivity contribution < 1.29 is 9.15 Å². The topological polar surface area (TPSA) is 34.4 Å². The van der Waals surface area contributed by atoms with E-state index in [2.05, 4.69) is 17.4 Å². The van der Waals surface area contributed by atoms with E-state index < -0.39 is 0 Å². The highest BCUT2D eigenvalue weighted by Gasteiger charge is 2.10. The summed E-state index contributed by atoms with van der Waals surface area (Å²) < 4.78 is 10.5. The lowest BCUT2D eigenvalue weighted by Crippen LogP contribution is -2.29. The van der Waals surface area contributed by atoms with Crippen molar-refractivity contribution in [2.45, 2.75) is 18.9 Å². The average Bonchev–Trinajstić information content (AvgIpc) is 2.91. The molecule has 0 spiro atoms. The van der Waals surface area contributed by atoms with Gasteiger partial charge < -0.3 is 14.5 Å². The molecule has 0 aliphatic heterocycles. The van der Waals surface area contributed by atoms with Crippen LogP contribution in [0.15, 0.2) is 47.1 Å².